The smallest absolute Gasteiger partial charge is 0.240 e. The molecule has 2 N–H and O–H groups in total. The van der Waals surface area contributed by atoms with Crippen LogP contribution in [0.5, 0.6) is 5.75 Å². The molecule has 0 radical (unpaired) electrons. The van der Waals surface area contributed by atoms with E-state index in [1.165, 1.54) is 24.5 Å². The van der Waals surface area contributed by atoms with Crippen molar-refractivity contribution in [3.8, 4) is 5.75 Å². The van der Waals surface area contributed by atoms with Crippen LogP contribution in [0.4, 0.5) is 0 Å². The Labute approximate surface area is 184 Å². The summed E-state index contributed by atoms with van der Waals surface area (Å²) >= 11 is 0. The molecule has 0 saturated carbocycles. The molecule has 0 aliphatic rings. The van der Waals surface area contributed by atoms with Gasteiger partial charge in [-0.3, -0.25) is 4.79 Å². The second kappa shape index (κ2) is 9.39. The number of nitrogens with one attached hydrogen (secondary N) is 1. The van der Waals surface area contributed by atoms with Crippen molar-refractivity contribution in [3.05, 3.63) is 94.8 Å². The van der Waals surface area contributed by atoms with E-state index < -0.39 is 10.0 Å². The van der Waals surface area contributed by atoms with E-state index in [1.54, 1.807) is 12.1 Å². The maximum absolute atomic E-state index is 12.4. The minimum Gasteiger partial charge on any atom is -0.482 e. The van der Waals surface area contributed by atoms with E-state index in [1.807, 2.05) is 41.2 Å². The summed E-state index contributed by atoms with van der Waals surface area (Å²) in [4.78, 5) is 12.5. The number of aromatic nitrogens is 1. The highest BCUT2D eigenvalue weighted by atomic mass is 32.2. The highest BCUT2D eigenvalue weighted by Crippen LogP contribution is 2.17. The quantitative estimate of drug-likeness (QED) is 0.402. The fraction of sp³-hybridized carbons (Fsp3) is 0.174. The molecule has 2 heterocycles. The number of sulfonamides is 1. The number of fused-ring (bicyclic) bond motifs is 1. The van der Waals surface area contributed by atoms with Gasteiger partial charge in [0.25, 0.3) is 0 Å². The molecule has 4 rings (SSSR count). The number of benzene rings is 2. The lowest BCUT2D eigenvalue weighted by atomic mass is 10.2. The first-order valence-electron chi connectivity index (χ1n) is 9.93. The summed E-state index contributed by atoms with van der Waals surface area (Å²) in [5.74, 6) is 0.584. The normalized spacial score (nSPS) is 11.7. The van der Waals surface area contributed by atoms with Crippen LogP contribution in [-0.4, -0.2) is 31.2 Å². The zero-order chi connectivity index (χ0) is 22.6. The Balaban J connectivity index is 1.39. The minimum absolute atomic E-state index is 0.0558. The zero-order valence-corrected chi connectivity index (χ0v) is 17.9. The van der Waals surface area contributed by atoms with Crippen molar-refractivity contribution in [2.24, 2.45) is 0 Å². The summed E-state index contributed by atoms with van der Waals surface area (Å²) in [5.41, 5.74) is 0.393. The molecule has 0 saturated heterocycles. The van der Waals surface area contributed by atoms with Gasteiger partial charge in [-0.05, 0) is 28.5 Å². The number of rotatable bonds is 9. The molecule has 0 aliphatic carbocycles. The van der Waals surface area contributed by atoms with Crippen molar-refractivity contribution in [2.45, 2.75) is 18.0 Å². The monoisotopic (exact) mass is 454 g/mol. The average Bonchev–Trinajstić information content (AvgIpc) is 3.20. The second-order valence-electron chi connectivity index (χ2n) is 7.19. The SMILES string of the molecule is O=c1cc(Cn2cc3ccccc3c2)occ1OCc1ccc(S(=O)(=O)NCCO)cc1. The summed E-state index contributed by atoms with van der Waals surface area (Å²) in [7, 11) is -3.67. The molecule has 8 nitrogen and oxygen atoms in total. The number of aliphatic hydroxyl groups is 1. The minimum atomic E-state index is -3.67. The number of hydrogen-bond donors (Lipinski definition) is 2. The molecular weight excluding hydrogens is 432 g/mol. The Kier molecular flexibility index (Phi) is 6.40. The maximum atomic E-state index is 12.4. The van der Waals surface area contributed by atoms with Gasteiger partial charge in [-0.25, -0.2) is 13.1 Å². The fourth-order valence-electron chi connectivity index (χ4n) is 3.23. The summed E-state index contributed by atoms with van der Waals surface area (Å²) in [5, 5.41) is 11.0. The van der Waals surface area contributed by atoms with Gasteiger partial charge in [0, 0.05) is 25.0 Å². The molecule has 166 valence electrons. The molecule has 0 spiro atoms. The Hall–Kier alpha value is -3.40. The number of hydrogen-bond acceptors (Lipinski definition) is 6. The number of aliphatic hydroxyl groups excluding tert-OH is 1. The fourth-order valence-corrected chi connectivity index (χ4v) is 4.25. The van der Waals surface area contributed by atoms with E-state index in [0.717, 1.165) is 10.8 Å². The van der Waals surface area contributed by atoms with Crippen LogP contribution in [0.1, 0.15) is 11.3 Å². The molecule has 0 amide bonds. The Bertz CT molecular complexity index is 1340. The van der Waals surface area contributed by atoms with Crippen molar-refractivity contribution >= 4 is 20.8 Å². The van der Waals surface area contributed by atoms with Crippen LogP contribution in [0.25, 0.3) is 10.8 Å². The first kappa shape index (κ1) is 21.8. The molecule has 0 atom stereocenters. The van der Waals surface area contributed by atoms with Gasteiger partial charge >= 0.3 is 0 Å². The molecule has 0 unspecified atom stereocenters. The summed E-state index contributed by atoms with van der Waals surface area (Å²) in [6.45, 7) is 0.163. The number of nitrogens with zero attached hydrogens (tertiary/aromatic N) is 1. The van der Waals surface area contributed by atoms with Crippen LogP contribution >= 0.6 is 0 Å². The maximum Gasteiger partial charge on any atom is 0.240 e. The van der Waals surface area contributed by atoms with Crippen LogP contribution in [0, 0.1) is 0 Å². The van der Waals surface area contributed by atoms with Crippen LogP contribution in [0.3, 0.4) is 0 Å². The van der Waals surface area contributed by atoms with E-state index >= 15 is 0 Å². The van der Waals surface area contributed by atoms with Gasteiger partial charge in [0.1, 0.15) is 18.6 Å². The molecule has 0 fully saturated rings. The predicted molar refractivity (Wildman–Crippen MR) is 119 cm³/mol. The Morgan fingerprint density at radius 2 is 1.72 bits per heavy atom. The van der Waals surface area contributed by atoms with Crippen LogP contribution in [0.2, 0.25) is 0 Å². The van der Waals surface area contributed by atoms with Crippen molar-refractivity contribution in [1.82, 2.24) is 9.29 Å². The van der Waals surface area contributed by atoms with Gasteiger partial charge in [0.05, 0.1) is 18.0 Å². The van der Waals surface area contributed by atoms with Crippen molar-refractivity contribution in [3.63, 3.8) is 0 Å². The Morgan fingerprint density at radius 1 is 1.03 bits per heavy atom. The first-order valence-corrected chi connectivity index (χ1v) is 11.4. The van der Waals surface area contributed by atoms with Gasteiger partial charge in [-0.1, -0.05) is 36.4 Å². The van der Waals surface area contributed by atoms with Gasteiger partial charge < -0.3 is 18.8 Å². The highest BCUT2D eigenvalue weighted by Gasteiger charge is 2.13. The first-order chi connectivity index (χ1) is 15.4. The summed E-state index contributed by atoms with van der Waals surface area (Å²) in [6, 6.07) is 15.5. The van der Waals surface area contributed by atoms with E-state index in [0.29, 0.717) is 17.9 Å². The standard InChI is InChI=1S/C23H22N2O6S/c26-10-9-24-32(28,29)21-7-5-17(6-8-21)15-31-23-16-30-20(11-22(23)27)14-25-12-18-3-1-2-4-19(18)13-25/h1-8,11-13,16,24,26H,9-10,14-15H2. The molecule has 9 heteroatoms. The van der Waals surface area contributed by atoms with Gasteiger partial charge in [0.15, 0.2) is 0 Å². The summed E-state index contributed by atoms with van der Waals surface area (Å²) < 4.78 is 39.4. The van der Waals surface area contributed by atoms with Crippen LogP contribution in [0.15, 0.2) is 87.4 Å². The van der Waals surface area contributed by atoms with Crippen molar-refractivity contribution in [2.75, 3.05) is 13.2 Å². The van der Waals surface area contributed by atoms with E-state index in [9.17, 15) is 13.2 Å². The largest absolute Gasteiger partial charge is 0.482 e. The molecule has 2 aromatic heterocycles. The third-order valence-electron chi connectivity index (χ3n) is 4.83. The van der Waals surface area contributed by atoms with E-state index in [2.05, 4.69) is 4.72 Å². The molecular formula is C23H22N2O6S. The molecule has 0 aliphatic heterocycles. The lowest BCUT2D eigenvalue weighted by molar-refractivity contribution is 0.289. The van der Waals surface area contributed by atoms with Crippen LogP contribution < -0.4 is 14.9 Å². The third-order valence-corrected chi connectivity index (χ3v) is 6.31. The highest BCUT2D eigenvalue weighted by molar-refractivity contribution is 7.89. The number of ether oxygens (including phenoxy) is 1. The molecule has 4 aromatic rings. The third kappa shape index (κ3) is 5.08. The van der Waals surface area contributed by atoms with Gasteiger partial charge in [-0.15, -0.1) is 0 Å². The lowest BCUT2D eigenvalue weighted by Crippen LogP contribution is -2.26. The van der Waals surface area contributed by atoms with Gasteiger partial charge in [-0.2, -0.15) is 0 Å². The molecule has 2 aromatic carbocycles. The predicted octanol–water partition coefficient (Wildman–Crippen LogP) is 2.49. The van der Waals surface area contributed by atoms with Gasteiger partial charge in [0.2, 0.25) is 21.2 Å². The summed E-state index contributed by atoms with van der Waals surface area (Å²) in [6.07, 6.45) is 5.27. The van der Waals surface area contributed by atoms with E-state index in [4.69, 9.17) is 14.3 Å². The van der Waals surface area contributed by atoms with Crippen molar-refractivity contribution in [1.29, 1.82) is 0 Å². The Morgan fingerprint density at radius 3 is 2.34 bits per heavy atom. The van der Waals surface area contributed by atoms with Crippen LogP contribution in [-0.2, 0) is 23.2 Å². The lowest BCUT2D eigenvalue weighted by Gasteiger charge is -2.08. The zero-order valence-electron chi connectivity index (χ0n) is 17.1. The average molecular weight is 455 g/mol. The second-order valence-corrected chi connectivity index (χ2v) is 8.96. The molecule has 32 heavy (non-hydrogen) atoms. The topological polar surface area (TPSA) is 111 Å². The van der Waals surface area contributed by atoms with Crippen molar-refractivity contribution < 1.29 is 22.7 Å². The molecule has 0 bridgehead atoms. The van der Waals surface area contributed by atoms with E-state index in [-0.39, 0.29) is 35.8 Å².